The lowest BCUT2D eigenvalue weighted by Crippen LogP contribution is -2.30. The van der Waals surface area contributed by atoms with Crippen LogP contribution in [-0.2, 0) is 4.79 Å². The number of benzene rings is 1. The van der Waals surface area contributed by atoms with E-state index in [1.165, 1.54) is 15.9 Å². The van der Waals surface area contributed by atoms with Gasteiger partial charge >= 0.3 is 5.97 Å². The summed E-state index contributed by atoms with van der Waals surface area (Å²) in [7, 11) is 0. The second-order valence-electron chi connectivity index (χ2n) is 5.55. The van der Waals surface area contributed by atoms with Crippen LogP contribution < -0.4 is 0 Å². The number of aromatic nitrogens is 4. The molecule has 1 aromatic carbocycles. The van der Waals surface area contributed by atoms with Crippen molar-refractivity contribution in [3.63, 3.8) is 0 Å². The van der Waals surface area contributed by atoms with Crippen LogP contribution in [0, 0.1) is 11.8 Å². The Labute approximate surface area is 136 Å². The minimum atomic E-state index is -0.889. The lowest BCUT2D eigenvalue weighted by molar-refractivity contribution is -0.142. The molecule has 23 heavy (non-hydrogen) atoms. The zero-order chi connectivity index (χ0) is 16.6. The monoisotopic (exact) mass is 335 g/mol. The molecule has 0 unspecified atom stereocenters. The lowest BCUT2D eigenvalue weighted by atomic mass is 9.99. The van der Waals surface area contributed by atoms with Crippen LogP contribution in [0.25, 0.3) is 5.69 Å². The largest absolute Gasteiger partial charge is 0.481 e. The number of hydrogen-bond donors (Lipinski definition) is 1. The number of carbonyl (C=O) groups is 2. The highest BCUT2D eigenvalue weighted by molar-refractivity contribution is 6.31. The van der Waals surface area contributed by atoms with E-state index in [0.717, 1.165) is 0 Å². The molecular weight excluding hydrogens is 322 g/mol. The summed E-state index contributed by atoms with van der Waals surface area (Å²) in [5.41, 5.74) is 0.832. The maximum absolute atomic E-state index is 12.8. The molecule has 0 spiro atoms. The summed E-state index contributed by atoms with van der Waals surface area (Å²) in [5.74, 6) is -1.84. The number of likely N-dealkylation sites (tertiary alicyclic amines) is 1. The van der Waals surface area contributed by atoms with Gasteiger partial charge in [0.25, 0.3) is 5.91 Å². The molecule has 0 bridgehead atoms. The molecule has 1 aromatic heterocycles. The van der Waals surface area contributed by atoms with Crippen molar-refractivity contribution in [2.24, 2.45) is 11.8 Å². The molecule has 1 N–H and O–H groups in total. The third-order valence-electron chi connectivity index (χ3n) is 4.00. The van der Waals surface area contributed by atoms with Crippen molar-refractivity contribution in [2.75, 3.05) is 13.1 Å². The van der Waals surface area contributed by atoms with E-state index in [-0.39, 0.29) is 18.4 Å². The van der Waals surface area contributed by atoms with Crippen molar-refractivity contribution in [1.82, 2.24) is 25.1 Å². The number of nitrogens with zero attached hydrogens (tertiary/aromatic N) is 5. The third-order valence-corrected chi connectivity index (χ3v) is 4.24. The fourth-order valence-corrected chi connectivity index (χ4v) is 2.95. The first kappa shape index (κ1) is 15.4. The molecule has 2 atom stereocenters. The summed E-state index contributed by atoms with van der Waals surface area (Å²) < 4.78 is 1.37. The first-order valence-electron chi connectivity index (χ1n) is 7.02. The summed E-state index contributed by atoms with van der Waals surface area (Å²) >= 11 is 6.01. The molecule has 0 radical (unpaired) electrons. The first-order chi connectivity index (χ1) is 11.0. The second kappa shape index (κ2) is 5.96. The Bertz CT molecular complexity index is 749. The molecule has 3 rings (SSSR count). The fraction of sp³-hybridized carbons (Fsp3) is 0.357. The average molecular weight is 336 g/mol. The summed E-state index contributed by atoms with van der Waals surface area (Å²) in [4.78, 5) is 25.6. The van der Waals surface area contributed by atoms with Gasteiger partial charge in [-0.1, -0.05) is 18.5 Å². The van der Waals surface area contributed by atoms with E-state index in [4.69, 9.17) is 11.6 Å². The molecular formula is C14H14ClN5O3. The van der Waals surface area contributed by atoms with Gasteiger partial charge in [-0.05, 0) is 34.5 Å². The van der Waals surface area contributed by atoms with E-state index < -0.39 is 11.9 Å². The number of rotatable bonds is 3. The molecule has 1 aliphatic heterocycles. The zero-order valence-electron chi connectivity index (χ0n) is 12.3. The smallest absolute Gasteiger partial charge is 0.308 e. The minimum absolute atomic E-state index is 0.105. The molecule has 120 valence electrons. The van der Waals surface area contributed by atoms with Crippen LogP contribution in [-0.4, -0.2) is 55.2 Å². The Kier molecular flexibility index (Phi) is 3.99. The lowest BCUT2D eigenvalue weighted by Gasteiger charge is -2.18. The van der Waals surface area contributed by atoms with Crippen molar-refractivity contribution in [2.45, 2.75) is 6.92 Å². The van der Waals surface area contributed by atoms with Crippen LogP contribution in [0.3, 0.4) is 0 Å². The van der Waals surface area contributed by atoms with Crippen molar-refractivity contribution in [3.05, 3.63) is 35.1 Å². The molecule has 1 fully saturated rings. The molecule has 2 heterocycles. The van der Waals surface area contributed by atoms with Gasteiger partial charge in [0.15, 0.2) is 0 Å². The molecule has 8 nitrogen and oxygen atoms in total. The SMILES string of the molecule is C[C@@H]1CN(C(=O)c2cc(Cl)ccc2-n2cnnn2)C[C@H]1C(=O)O. The highest BCUT2D eigenvalue weighted by atomic mass is 35.5. The van der Waals surface area contributed by atoms with Crippen molar-refractivity contribution >= 4 is 23.5 Å². The number of tetrazole rings is 1. The van der Waals surface area contributed by atoms with E-state index >= 15 is 0 Å². The van der Waals surface area contributed by atoms with Gasteiger partial charge in [0.05, 0.1) is 17.2 Å². The minimum Gasteiger partial charge on any atom is -0.481 e. The Balaban J connectivity index is 1.94. The van der Waals surface area contributed by atoms with Crippen LogP contribution in [0.1, 0.15) is 17.3 Å². The quantitative estimate of drug-likeness (QED) is 0.901. The predicted molar refractivity (Wildman–Crippen MR) is 80.4 cm³/mol. The second-order valence-corrected chi connectivity index (χ2v) is 5.98. The van der Waals surface area contributed by atoms with Crippen molar-refractivity contribution in [3.8, 4) is 5.69 Å². The van der Waals surface area contributed by atoms with Crippen molar-refractivity contribution in [1.29, 1.82) is 0 Å². The van der Waals surface area contributed by atoms with E-state index in [1.807, 2.05) is 6.92 Å². The molecule has 0 saturated carbocycles. The van der Waals surface area contributed by atoms with Gasteiger partial charge in [-0.2, -0.15) is 4.68 Å². The van der Waals surface area contributed by atoms with E-state index in [2.05, 4.69) is 15.5 Å². The number of hydrogen-bond acceptors (Lipinski definition) is 5. The van der Waals surface area contributed by atoms with Gasteiger partial charge in [-0.3, -0.25) is 9.59 Å². The highest BCUT2D eigenvalue weighted by Gasteiger charge is 2.37. The van der Waals surface area contributed by atoms with E-state index in [1.54, 1.807) is 18.2 Å². The van der Waals surface area contributed by atoms with Crippen LogP contribution in [0.2, 0.25) is 5.02 Å². The molecule has 1 aliphatic rings. The standard InChI is InChI=1S/C14H14ClN5O3/c1-8-5-19(6-11(8)14(22)23)13(21)10-4-9(15)2-3-12(10)20-7-16-17-18-20/h2-4,7-8,11H,5-6H2,1H3,(H,22,23)/t8-,11-/m1/s1. The zero-order valence-corrected chi connectivity index (χ0v) is 13.0. The average Bonchev–Trinajstić information content (AvgIpc) is 3.15. The van der Waals surface area contributed by atoms with Crippen molar-refractivity contribution < 1.29 is 14.7 Å². The Morgan fingerprint density at radius 3 is 2.74 bits per heavy atom. The van der Waals surface area contributed by atoms with Crippen LogP contribution >= 0.6 is 11.6 Å². The van der Waals surface area contributed by atoms with E-state index in [9.17, 15) is 14.7 Å². The topological polar surface area (TPSA) is 101 Å². The van der Waals surface area contributed by atoms with Gasteiger partial charge in [-0.15, -0.1) is 5.10 Å². The predicted octanol–water partition coefficient (Wildman–Crippen LogP) is 1.11. The normalized spacial score (nSPS) is 20.7. The van der Waals surface area contributed by atoms with Gasteiger partial charge in [0.2, 0.25) is 0 Å². The number of halogens is 1. The van der Waals surface area contributed by atoms with Gasteiger partial charge < -0.3 is 10.0 Å². The Morgan fingerprint density at radius 1 is 1.35 bits per heavy atom. The molecule has 9 heteroatoms. The maximum Gasteiger partial charge on any atom is 0.308 e. The third kappa shape index (κ3) is 2.89. The summed E-state index contributed by atoms with van der Waals surface area (Å²) in [6.45, 7) is 2.39. The fourth-order valence-electron chi connectivity index (χ4n) is 2.78. The summed E-state index contributed by atoms with van der Waals surface area (Å²) in [6, 6.07) is 4.84. The number of carboxylic acid groups (broad SMARTS) is 1. The summed E-state index contributed by atoms with van der Waals surface area (Å²) in [5, 5.41) is 20.5. The molecule has 1 amide bonds. The van der Waals surface area contributed by atoms with Gasteiger partial charge in [-0.25, -0.2) is 0 Å². The molecule has 0 aliphatic carbocycles. The molecule has 2 aromatic rings. The number of aliphatic carboxylic acids is 1. The van der Waals surface area contributed by atoms with Crippen LogP contribution in [0.4, 0.5) is 0 Å². The summed E-state index contributed by atoms with van der Waals surface area (Å²) in [6.07, 6.45) is 1.38. The van der Waals surface area contributed by atoms with Crippen LogP contribution in [0.15, 0.2) is 24.5 Å². The van der Waals surface area contributed by atoms with Gasteiger partial charge in [0, 0.05) is 18.1 Å². The van der Waals surface area contributed by atoms with E-state index in [0.29, 0.717) is 22.8 Å². The first-order valence-corrected chi connectivity index (χ1v) is 7.40. The highest BCUT2D eigenvalue weighted by Crippen LogP contribution is 2.27. The Hall–Kier alpha value is -2.48. The maximum atomic E-state index is 12.8. The number of carbonyl (C=O) groups excluding carboxylic acids is 1. The van der Waals surface area contributed by atoms with Gasteiger partial charge in [0.1, 0.15) is 6.33 Å². The molecule has 1 saturated heterocycles. The Morgan fingerprint density at radius 2 is 2.13 bits per heavy atom. The number of amides is 1. The van der Waals surface area contributed by atoms with Crippen LogP contribution in [0.5, 0.6) is 0 Å². The number of carboxylic acids is 1.